The predicted molar refractivity (Wildman–Crippen MR) is 58.5 cm³/mol. The third kappa shape index (κ3) is 2.27. The zero-order chi connectivity index (χ0) is 11.5. The van der Waals surface area contributed by atoms with Crippen molar-refractivity contribution in [3.05, 3.63) is 42.5 Å². The standard InChI is InChI=1S/C12H13FN2O/c1-2-8-15(9-6-7-9)12(16)10-4-3-5-11(13)14-10/h2-5,9H,1,6-8H2. The van der Waals surface area contributed by atoms with Crippen LogP contribution in [0.15, 0.2) is 30.9 Å². The van der Waals surface area contributed by atoms with Gasteiger partial charge >= 0.3 is 0 Å². The molecule has 1 amide bonds. The third-order valence-electron chi connectivity index (χ3n) is 2.51. The minimum atomic E-state index is -0.625. The second kappa shape index (κ2) is 4.43. The first-order valence-electron chi connectivity index (χ1n) is 5.27. The van der Waals surface area contributed by atoms with Crippen LogP contribution in [0, 0.1) is 5.95 Å². The Morgan fingerprint density at radius 1 is 1.62 bits per heavy atom. The van der Waals surface area contributed by atoms with Crippen molar-refractivity contribution in [2.24, 2.45) is 0 Å². The molecule has 1 fully saturated rings. The van der Waals surface area contributed by atoms with Gasteiger partial charge in [0.15, 0.2) is 0 Å². The lowest BCUT2D eigenvalue weighted by Crippen LogP contribution is -2.33. The van der Waals surface area contributed by atoms with E-state index in [1.807, 2.05) is 0 Å². The van der Waals surface area contributed by atoms with E-state index in [4.69, 9.17) is 0 Å². The Labute approximate surface area is 93.6 Å². The van der Waals surface area contributed by atoms with Crippen LogP contribution in [0.2, 0.25) is 0 Å². The van der Waals surface area contributed by atoms with E-state index in [0.717, 1.165) is 12.8 Å². The average Bonchev–Trinajstić information content (AvgIpc) is 3.09. The molecule has 0 aliphatic heterocycles. The molecule has 0 atom stereocenters. The molecule has 0 N–H and O–H groups in total. The number of pyridine rings is 1. The second-order valence-corrected chi connectivity index (χ2v) is 3.82. The first-order chi connectivity index (χ1) is 7.72. The molecule has 0 aromatic carbocycles. The SMILES string of the molecule is C=CCN(C(=O)c1cccc(F)n1)C1CC1. The summed E-state index contributed by atoms with van der Waals surface area (Å²) < 4.78 is 12.9. The summed E-state index contributed by atoms with van der Waals surface area (Å²) in [5.41, 5.74) is 0.161. The second-order valence-electron chi connectivity index (χ2n) is 3.82. The molecule has 84 valence electrons. The van der Waals surface area contributed by atoms with Gasteiger partial charge in [0, 0.05) is 12.6 Å². The highest BCUT2D eigenvalue weighted by atomic mass is 19.1. The minimum absolute atomic E-state index is 0.161. The predicted octanol–water partition coefficient (Wildman–Crippen LogP) is 2.01. The quantitative estimate of drug-likeness (QED) is 0.574. The van der Waals surface area contributed by atoms with Gasteiger partial charge in [-0.25, -0.2) is 4.98 Å². The maximum Gasteiger partial charge on any atom is 0.273 e. The van der Waals surface area contributed by atoms with Gasteiger partial charge in [-0.2, -0.15) is 4.39 Å². The topological polar surface area (TPSA) is 33.2 Å². The fourth-order valence-corrected chi connectivity index (χ4v) is 1.60. The molecule has 1 aliphatic rings. The summed E-state index contributed by atoms with van der Waals surface area (Å²) in [5.74, 6) is -0.845. The van der Waals surface area contributed by atoms with Crippen molar-refractivity contribution in [2.75, 3.05) is 6.54 Å². The van der Waals surface area contributed by atoms with Crippen LogP contribution in [-0.2, 0) is 0 Å². The first kappa shape index (κ1) is 10.8. The molecular weight excluding hydrogens is 207 g/mol. The molecule has 0 bridgehead atoms. The third-order valence-corrected chi connectivity index (χ3v) is 2.51. The van der Waals surface area contributed by atoms with Crippen molar-refractivity contribution in [1.82, 2.24) is 9.88 Å². The van der Waals surface area contributed by atoms with Crippen LogP contribution in [0.1, 0.15) is 23.3 Å². The fraction of sp³-hybridized carbons (Fsp3) is 0.333. The van der Waals surface area contributed by atoms with E-state index in [0.29, 0.717) is 6.54 Å². The van der Waals surface area contributed by atoms with Gasteiger partial charge < -0.3 is 4.90 Å². The largest absolute Gasteiger partial charge is 0.331 e. The van der Waals surface area contributed by atoms with E-state index in [1.54, 1.807) is 11.0 Å². The van der Waals surface area contributed by atoms with Crippen molar-refractivity contribution in [3.63, 3.8) is 0 Å². The van der Waals surface area contributed by atoms with E-state index in [9.17, 15) is 9.18 Å². The molecule has 0 radical (unpaired) electrons. The summed E-state index contributed by atoms with van der Waals surface area (Å²) in [7, 11) is 0. The number of hydrogen-bond donors (Lipinski definition) is 0. The lowest BCUT2D eigenvalue weighted by Gasteiger charge is -2.19. The highest BCUT2D eigenvalue weighted by molar-refractivity contribution is 5.92. The number of halogens is 1. The Balaban J connectivity index is 2.18. The average molecular weight is 220 g/mol. The van der Waals surface area contributed by atoms with Gasteiger partial charge in [0.25, 0.3) is 5.91 Å². The number of hydrogen-bond acceptors (Lipinski definition) is 2. The van der Waals surface area contributed by atoms with Crippen LogP contribution in [0.5, 0.6) is 0 Å². The van der Waals surface area contributed by atoms with Crippen molar-refractivity contribution >= 4 is 5.91 Å². The van der Waals surface area contributed by atoms with Gasteiger partial charge in [-0.15, -0.1) is 6.58 Å². The Bertz CT molecular complexity index is 415. The van der Waals surface area contributed by atoms with E-state index < -0.39 is 5.95 Å². The Kier molecular flexibility index (Phi) is 2.99. The van der Waals surface area contributed by atoms with Crippen LogP contribution in [0.25, 0.3) is 0 Å². The summed E-state index contributed by atoms with van der Waals surface area (Å²) in [6.45, 7) is 4.10. The van der Waals surface area contributed by atoms with Crippen LogP contribution in [0.4, 0.5) is 4.39 Å². The summed E-state index contributed by atoms with van der Waals surface area (Å²) in [5, 5.41) is 0. The van der Waals surface area contributed by atoms with Gasteiger partial charge in [0.2, 0.25) is 5.95 Å². The van der Waals surface area contributed by atoms with E-state index >= 15 is 0 Å². The minimum Gasteiger partial charge on any atom is -0.331 e. The Morgan fingerprint density at radius 3 is 2.94 bits per heavy atom. The summed E-state index contributed by atoms with van der Waals surface area (Å²) in [6, 6.07) is 4.53. The van der Waals surface area contributed by atoms with Gasteiger partial charge in [-0.1, -0.05) is 12.1 Å². The fourth-order valence-electron chi connectivity index (χ4n) is 1.60. The molecular formula is C12H13FN2O. The maximum atomic E-state index is 12.9. The number of amides is 1. The lowest BCUT2D eigenvalue weighted by molar-refractivity contribution is 0.0755. The highest BCUT2D eigenvalue weighted by Crippen LogP contribution is 2.27. The number of carbonyl (C=O) groups is 1. The number of rotatable bonds is 4. The van der Waals surface area contributed by atoms with E-state index in [-0.39, 0.29) is 17.6 Å². The number of carbonyl (C=O) groups excluding carboxylic acids is 1. The monoisotopic (exact) mass is 220 g/mol. The molecule has 1 aliphatic carbocycles. The van der Waals surface area contributed by atoms with E-state index in [2.05, 4.69) is 11.6 Å². The number of aromatic nitrogens is 1. The molecule has 3 nitrogen and oxygen atoms in total. The zero-order valence-electron chi connectivity index (χ0n) is 8.90. The summed E-state index contributed by atoms with van der Waals surface area (Å²) >= 11 is 0. The van der Waals surface area contributed by atoms with Crippen LogP contribution < -0.4 is 0 Å². The summed E-state index contributed by atoms with van der Waals surface area (Å²) in [6.07, 6.45) is 3.69. The molecule has 1 aromatic heterocycles. The molecule has 0 spiro atoms. The summed E-state index contributed by atoms with van der Waals surface area (Å²) in [4.78, 5) is 17.3. The normalized spacial score (nSPS) is 14.6. The zero-order valence-corrected chi connectivity index (χ0v) is 8.90. The van der Waals surface area contributed by atoms with Crippen LogP contribution in [-0.4, -0.2) is 28.4 Å². The van der Waals surface area contributed by atoms with Crippen LogP contribution in [0.3, 0.4) is 0 Å². The van der Waals surface area contributed by atoms with E-state index in [1.165, 1.54) is 18.2 Å². The molecule has 1 heterocycles. The van der Waals surface area contributed by atoms with Crippen molar-refractivity contribution in [3.8, 4) is 0 Å². The highest BCUT2D eigenvalue weighted by Gasteiger charge is 2.32. The van der Waals surface area contributed by atoms with Crippen molar-refractivity contribution in [1.29, 1.82) is 0 Å². The van der Waals surface area contributed by atoms with Crippen molar-refractivity contribution in [2.45, 2.75) is 18.9 Å². The van der Waals surface area contributed by atoms with Gasteiger partial charge in [-0.05, 0) is 25.0 Å². The Morgan fingerprint density at radius 2 is 2.38 bits per heavy atom. The smallest absolute Gasteiger partial charge is 0.273 e. The van der Waals surface area contributed by atoms with Gasteiger partial charge in [-0.3, -0.25) is 4.79 Å². The molecule has 0 saturated heterocycles. The first-order valence-corrected chi connectivity index (χ1v) is 5.27. The van der Waals surface area contributed by atoms with Gasteiger partial charge in [0.05, 0.1) is 0 Å². The molecule has 4 heteroatoms. The molecule has 1 aromatic rings. The molecule has 0 unspecified atom stereocenters. The number of nitrogens with zero attached hydrogens (tertiary/aromatic N) is 2. The Hall–Kier alpha value is -1.71. The molecule has 16 heavy (non-hydrogen) atoms. The van der Waals surface area contributed by atoms with Gasteiger partial charge in [0.1, 0.15) is 5.69 Å². The maximum absolute atomic E-state index is 12.9. The van der Waals surface area contributed by atoms with Crippen molar-refractivity contribution < 1.29 is 9.18 Å². The molecule has 1 saturated carbocycles. The molecule has 2 rings (SSSR count). The van der Waals surface area contributed by atoms with Crippen LogP contribution >= 0.6 is 0 Å². The lowest BCUT2D eigenvalue weighted by atomic mass is 10.3.